The van der Waals surface area contributed by atoms with Gasteiger partial charge in [0.25, 0.3) is 0 Å². The maximum atomic E-state index is 10.6. The summed E-state index contributed by atoms with van der Waals surface area (Å²) in [6.45, 7) is 0. The second kappa shape index (κ2) is 4.10. The van der Waals surface area contributed by atoms with Gasteiger partial charge in [-0.25, -0.2) is 9.78 Å². The topological polar surface area (TPSA) is 65.2 Å². The van der Waals surface area contributed by atoms with Crippen molar-refractivity contribution in [1.29, 1.82) is 0 Å². The van der Waals surface area contributed by atoms with Crippen LogP contribution in [0.2, 0.25) is 0 Å². The van der Waals surface area contributed by atoms with Crippen molar-refractivity contribution in [3.8, 4) is 16.3 Å². The van der Waals surface area contributed by atoms with E-state index < -0.39 is 6.09 Å². The molecule has 2 rings (SSSR count). The summed E-state index contributed by atoms with van der Waals surface area (Å²) in [5.41, 5.74) is 5.83. The van der Waals surface area contributed by atoms with E-state index in [9.17, 15) is 4.79 Å². The van der Waals surface area contributed by atoms with Crippen LogP contribution in [0.4, 0.5) is 4.79 Å². The molecule has 5 heteroatoms. The molecule has 15 heavy (non-hydrogen) atoms. The van der Waals surface area contributed by atoms with Crippen LogP contribution in [0.1, 0.15) is 0 Å². The molecule has 1 amide bonds. The fourth-order valence-corrected chi connectivity index (χ4v) is 1.81. The first-order valence-electron chi connectivity index (χ1n) is 4.23. The fourth-order valence-electron chi connectivity index (χ4n) is 1.17. The van der Waals surface area contributed by atoms with Crippen molar-refractivity contribution in [2.75, 3.05) is 0 Å². The van der Waals surface area contributed by atoms with E-state index in [0.717, 1.165) is 10.6 Å². The number of amides is 1. The number of primary amides is 1. The molecule has 0 radical (unpaired) electrons. The average molecular weight is 220 g/mol. The van der Waals surface area contributed by atoms with Gasteiger partial charge in [-0.15, -0.1) is 11.3 Å². The van der Waals surface area contributed by atoms with Crippen molar-refractivity contribution in [1.82, 2.24) is 4.98 Å². The Morgan fingerprint density at radius 3 is 3.00 bits per heavy atom. The van der Waals surface area contributed by atoms with Crippen LogP contribution < -0.4 is 10.5 Å². The molecule has 0 saturated heterocycles. The first-order valence-corrected chi connectivity index (χ1v) is 5.11. The van der Waals surface area contributed by atoms with Crippen molar-refractivity contribution in [3.63, 3.8) is 0 Å². The van der Waals surface area contributed by atoms with Crippen LogP contribution in [0.15, 0.2) is 35.8 Å². The summed E-state index contributed by atoms with van der Waals surface area (Å²) in [7, 11) is 0. The van der Waals surface area contributed by atoms with Crippen molar-refractivity contribution in [3.05, 3.63) is 35.8 Å². The molecule has 0 bridgehead atoms. The zero-order valence-electron chi connectivity index (χ0n) is 7.71. The Bertz CT molecular complexity index is 468. The zero-order chi connectivity index (χ0) is 10.7. The number of nitrogens with zero attached hydrogens (tertiary/aromatic N) is 1. The number of thiazole rings is 1. The molecule has 4 nitrogen and oxygen atoms in total. The Kier molecular flexibility index (Phi) is 2.64. The minimum absolute atomic E-state index is 0.426. The van der Waals surface area contributed by atoms with Gasteiger partial charge in [0.05, 0.1) is 0 Å². The summed E-state index contributed by atoms with van der Waals surface area (Å²) in [6.07, 6.45) is 0.910. The van der Waals surface area contributed by atoms with Gasteiger partial charge in [0.15, 0.2) is 0 Å². The maximum absolute atomic E-state index is 10.6. The molecule has 1 aromatic carbocycles. The van der Waals surface area contributed by atoms with E-state index >= 15 is 0 Å². The second-order valence-electron chi connectivity index (χ2n) is 2.79. The first-order chi connectivity index (χ1) is 7.25. The van der Waals surface area contributed by atoms with Gasteiger partial charge in [0.1, 0.15) is 10.8 Å². The van der Waals surface area contributed by atoms with E-state index in [0.29, 0.717) is 5.75 Å². The van der Waals surface area contributed by atoms with E-state index in [-0.39, 0.29) is 0 Å². The van der Waals surface area contributed by atoms with Crippen LogP contribution in [0.25, 0.3) is 10.6 Å². The van der Waals surface area contributed by atoms with Gasteiger partial charge in [0.2, 0.25) is 0 Å². The predicted octanol–water partition coefficient (Wildman–Crippen LogP) is 2.27. The molecule has 0 saturated carbocycles. The summed E-state index contributed by atoms with van der Waals surface area (Å²) in [6, 6.07) is 7.08. The lowest BCUT2D eigenvalue weighted by molar-refractivity contribution is 0.211. The molecule has 0 aliphatic heterocycles. The molecule has 1 aromatic heterocycles. The van der Waals surface area contributed by atoms with Gasteiger partial charge >= 0.3 is 6.09 Å². The minimum Gasteiger partial charge on any atom is -0.410 e. The normalized spacial score (nSPS) is 9.87. The Labute approximate surface area is 90.3 Å². The lowest BCUT2D eigenvalue weighted by Crippen LogP contribution is -2.16. The number of rotatable bonds is 2. The standard InChI is InChI=1S/C10H8N2O2S/c11-10(13)14-8-3-1-2-7(6-8)9-12-4-5-15-9/h1-6H,(H2,11,13). The fraction of sp³-hybridized carbons (Fsp3) is 0. The molecule has 76 valence electrons. The molecule has 1 heterocycles. The van der Waals surface area contributed by atoms with E-state index in [2.05, 4.69) is 4.98 Å². The van der Waals surface area contributed by atoms with Crippen molar-refractivity contribution in [2.24, 2.45) is 5.73 Å². The number of benzene rings is 1. The largest absolute Gasteiger partial charge is 0.410 e. The maximum Gasteiger partial charge on any atom is 0.409 e. The van der Waals surface area contributed by atoms with Crippen molar-refractivity contribution >= 4 is 17.4 Å². The van der Waals surface area contributed by atoms with E-state index in [1.54, 1.807) is 24.4 Å². The smallest absolute Gasteiger partial charge is 0.409 e. The van der Waals surface area contributed by atoms with Gasteiger partial charge < -0.3 is 10.5 Å². The van der Waals surface area contributed by atoms with Crippen LogP contribution in [-0.2, 0) is 0 Å². The Balaban J connectivity index is 2.31. The molecular formula is C10H8N2O2S. The van der Waals surface area contributed by atoms with E-state index in [1.165, 1.54) is 11.3 Å². The lowest BCUT2D eigenvalue weighted by Gasteiger charge is -2.01. The third-order valence-corrected chi connectivity index (χ3v) is 2.55. The van der Waals surface area contributed by atoms with Gasteiger partial charge in [-0.2, -0.15) is 0 Å². The molecule has 2 aromatic rings. The Morgan fingerprint density at radius 1 is 1.47 bits per heavy atom. The molecule has 0 atom stereocenters. The minimum atomic E-state index is -0.814. The number of hydrogen-bond donors (Lipinski definition) is 1. The van der Waals surface area contributed by atoms with E-state index in [1.807, 2.05) is 11.4 Å². The summed E-state index contributed by atoms with van der Waals surface area (Å²) in [5, 5.41) is 2.77. The highest BCUT2D eigenvalue weighted by atomic mass is 32.1. The van der Waals surface area contributed by atoms with Gasteiger partial charge in [-0.05, 0) is 12.1 Å². The van der Waals surface area contributed by atoms with Crippen LogP contribution in [0, 0.1) is 0 Å². The predicted molar refractivity (Wildman–Crippen MR) is 57.8 cm³/mol. The van der Waals surface area contributed by atoms with Gasteiger partial charge in [-0.3, -0.25) is 0 Å². The molecule has 2 N–H and O–H groups in total. The molecule has 0 aliphatic rings. The highest BCUT2D eigenvalue weighted by molar-refractivity contribution is 7.13. The Morgan fingerprint density at radius 2 is 2.33 bits per heavy atom. The highest BCUT2D eigenvalue weighted by Crippen LogP contribution is 2.25. The monoisotopic (exact) mass is 220 g/mol. The van der Waals surface area contributed by atoms with Gasteiger partial charge in [-0.1, -0.05) is 12.1 Å². The molecule has 0 spiro atoms. The molecule has 0 fully saturated rings. The number of carbonyl (C=O) groups excluding carboxylic acids is 1. The Hall–Kier alpha value is -1.88. The molecule has 0 aliphatic carbocycles. The third-order valence-electron chi connectivity index (χ3n) is 1.73. The first kappa shape index (κ1) is 9.67. The van der Waals surface area contributed by atoms with Crippen molar-refractivity contribution in [2.45, 2.75) is 0 Å². The summed E-state index contributed by atoms with van der Waals surface area (Å²) >= 11 is 1.52. The summed E-state index contributed by atoms with van der Waals surface area (Å²) in [5.74, 6) is 0.426. The highest BCUT2D eigenvalue weighted by Gasteiger charge is 2.03. The number of nitrogens with two attached hydrogens (primary N) is 1. The summed E-state index contributed by atoms with van der Waals surface area (Å²) < 4.78 is 4.77. The van der Waals surface area contributed by atoms with Crippen LogP contribution >= 0.6 is 11.3 Å². The number of ether oxygens (including phenoxy) is 1. The second-order valence-corrected chi connectivity index (χ2v) is 3.68. The molecular weight excluding hydrogens is 212 g/mol. The SMILES string of the molecule is NC(=O)Oc1cccc(-c2nccs2)c1. The zero-order valence-corrected chi connectivity index (χ0v) is 8.53. The number of carbonyl (C=O) groups is 1. The van der Waals surface area contributed by atoms with Crippen LogP contribution in [-0.4, -0.2) is 11.1 Å². The average Bonchev–Trinajstić information content (AvgIpc) is 2.69. The lowest BCUT2D eigenvalue weighted by atomic mass is 10.2. The number of aromatic nitrogens is 1. The van der Waals surface area contributed by atoms with E-state index in [4.69, 9.17) is 10.5 Å². The summed E-state index contributed by atoms with van der Waals surface area (Å²) in [4.78, 5) is 14.7. The van der Waals surface area contributed by atoms with Gasteiger partial charge in [0, 0.05) is 17.1 Å². The molecule has 0 unspecified atom stereocenters. The van der Waals surface area contributed by atoms with Crippen LogP contribution in [0.3, 0.4) is 0 Å². The number of hydrogen-bond acceptors (Lipinski definition) is 4. The third kappa shape index (κ3) is 2.32. The van der Waals surface area contributed by atoms with Crippen molar-refractivity contribution < 1.29 is 9.53 Å². The quantitative estimate of drug-likeness (QED) is 0.844. The van der Waals surface area contributed by atoms with Crippen LogP contribution in [0.5, 0.6) is 5.75 Å².